The molecule has 100 valence electrons. The van der Waals surface area contributed by atoms with Crippen LogP contribution in [0.4, 0.5) is 4.39 Å². The van der Waals surface area contributed by atoms with E-state index < -0.39 is 0 Å². The lowest BCUT2D eigenvalue weighted by molar-refractivity contribution is 0.351. The van der Waals surface area contributed by atoms with Gasteiger partial charge in [0.15, 0.2) is 5.82 Å². The maximum atomic E-state index is 12.8. The molecule has 1 atom stereocenters. The van der Waals surface area contributed by atoms with Gasteiger partial charge < -0.3 is 9.84 Å². The van der Waals surface area contributed by atoms with E-state index in [1.807, 2.05) is 0 Å². The van der Waals surface area contributed by atoms with Gasteiger partial charge in [0.05, 0.1) is 12.5 Å². The zero-order valence-electron chi connectivity index (χ0n) is 10.6. The lowest BCUT2D eigenvalue weighted by Gasteiger charge is -2.19. The molecule has 0 bridgehead atoms. The quantitative estimate of drug-likeness (QED) is 0.922. The highest BCUT2D eigenvalue weighted by Gasteiger charge is 2.20. The Labute approximate surface area is 111 Å². The summed E-state index contributed by atoms with van der Waals surface area (Å²) >= 11 is 0. The Morgan fingerprint density at radius 1 is 1.26 bits per heavy atom. The van der Waals surface area contributed by atoms with E-state index in [9.17, 15) is 4.39 Å². The van der Waals surface area contributed by atoms with E-state index >= 15 is 0 Å². The maximum Gasteiger partial charge on any atom is 0.231 e. The summed E-state index contributed by atoms with van der Waals surface area (Å²) in [6.45, 7) is 1.01. The Hall–Kier alpha value is -1.75. The fourth-order valence-electron chi connectivity index (χ4n) is 2.33. The van der Waals surface area contributed by atoms with E-state index in [4.69, 9.17) is 4.52 Å². The molecule has 0 radical (unpaired) electrons. The summed E-state index contributed by atoms with van der Waals surface area (Å²) in [6.07, 6.45) is 3.99. The molecule has 1 aromatic carbocycles. The number of nitrogens with zero attached hydrogens (tertiary/aromatic N) is 2. The monoisotopic (exact) mass is 261 g/mol. The van der Waals surface area contributed by atoms with Crippen LogP contribution in [0.1, 0.15) is 42.6 Å². The molecule has 0 spiro atoms. The van der Waals surface area contributed by atoms with Crippen molar-refractivity contribution in [3.05, 3.63) is 47.4 Å². The molecule has 1 aliphatic rings. The molecule has 1 N–H and O–H groups in total. The van der Waals surface area contributed by atoms with E-state index in [-0.39, 0.29) is 11.9 Å². The molecule has 0 aliphatic carbocycles. The minimum atomic E-state index is -0.235. The maximum absolute atomic E-state index is 12.8. The molecule has 19 heavy (non-hydrogen) atoms. The molecule has 1 unspecified atom stereocenters. The fourth-order valence-corrected chi connectivity index (χ4v) is 2.33. The summed E-state index contributed by atoms with van der Waals surface area (Å²) < 4.78 is 18.1. The Morgan fingerprint density at radius 2 is 2.11 bits per heavy atom. The minimum Gasteiger partial charge on any atom is -0.339 e. The summed E-state index contributed by atoms with van der Waals surface area (Å²) in [4.78, 5) is 4.42. The molecule has 1 aliphatic heterocycles. The van der Waals surface area contributed by atoms with Gasteiger partial charge in [-0.3, -0.25) is 0 Å². The van der Waals surface area contributed by atoms with Crippen LogP contribution in [0.3, 0.4) is 0 Å². The first kappa shape index (κ1) is 12.3. The van der Waals surface area contributed by atoms with Crippen molar-refractivity contribution in [3.63, 3.8) is 0 Å². The molecule has 1 aromatic heterocycles. The van der Waals surface area contributed by atoms with Gasteiger partial charge in [-0.1, -0.05) is 23.7 Å². The zero-order chi connectivity index (χ0) is 13.1. The second-order valence-corrected chi connectivity index (χ2v) is 4.85. The van der Waals surface area contributed by atoms with Crippen molar-refractivity contribution in [3.8, 4) is 0 Å². The lowest BCUT2D eigenvalue weighted by atomic mass is 10.0. The highest BCUT2D eigenvalue weighted by molar-refractivity contribution is 5.19. The van der Waals surface area contributed by atoms with Crippen LogP contribution >= 0.6 is 0 Å². The van der Waals surface area contributed by atoms with Gasteiger partial charge in [-0.2, -0.15) is 4.98 Å². The van der Waals surface area contributed by atoms with Gasteiger partial charge in [-0.25, -0.2) is 4.39 Å². The van der Waals surface area contributed by atoms with Crippen LogP contribution in [0.15, 0.2) is 28.8 Å². The van der Waals surface area contributed by atoms with E-state index in [2.05, 4.69) is 15.5 Å². The van der Waals surface area contributed by atoms with Crippen LogP contribution in [0.25, 0.3) is 0 Å². The summed E-state index contributed by atoms with van der Waals surface area (Å²) in [5, 5.41) is 7.42. The van der Waals surface area contributed by atoms with Crippen molar-refractivity contribution in [1.29, 1.82) is 0 Å². The second kappa shape index (κ2) is 5.48. The minimum absolute atomic E-state index is 0.208. The predicted octanol–water partition coefficient (Wildman–Crippen LogP) is 2.61. The Bertz CT molecular complexity index is 532. The first-order valence-corrected chi connectivity index (χ1v) is 6.61. The molecule has 1 saturated heterocycles. The third-order valence-electron chi connectivity index (χ3n) is 3.37. The topological polar surface area (TPSA) is 51.0 Å². The normalized spacial score (nSPS) is 19.5. The SMILES string of the molecule is Fc1ccc(Cc2nc(C3CCCCN3)no2)cc1. The number of benzene rings is 1. The summed E-state index contributed by atoms with van der Waals surface area (Å²) in [6, 6.07) is 6.56. The molecule has 0 saturated carbocycles. The van der Waals surface area contributed by atoms with Gasteiger partial charge in [0, 0.05) is 0 Å². The number of hydrogen-bond acceptors (Lipinski definition) is 4. The molecular weight excluding hydrogens is 245 g/mol. The van der Waals surface area contributed by atoms with Crippen molar-refractivity contribution < 1.29 is 8.91 Å². The molecular formula is C14H16FN3O. The molecule has 2 heterocycles. The fraction of sp³-hybridized carbons (Fsp3) is 0.429. The van der Waals surface area contributed by atoms with Crippen LogP contribution < -0.4 is 5.32 Å². The van der Waals surface area contributed by atoms with Crippen LogP contribution in [-0.2, 0) is 6.42 Å². The first-order chi connectivity index (χ1) is 9.31. The highest BCUT2D eigenvalue weighted by Crippen LogP contribution is 2.20. The van der Waals surface area contributed by atoms with Crippen molar-refractivity contribution in [2.45, 2.75) is 31.7 Å². The number of hydrogen-bond donors (Lipinski definition) is 1. The van der Waals surface area contributed by atoms with E-state index in [0.717, 1.165) is 24.4 Å². The molecule has 5 heteroatoms. The second-order valence-electron chi connectivity index (χ2n) is 4.85. The van der Waals surface area contributed by atoms with Crippen molar-refractivity contribution in [2.24, 2.45) is 0 Å². The third kappa shape index (κ3) is 2.98. The van der Waals surface area contributed by atoms with Gasteiger partial charge in [-0.05, 0) is 37.1 Å². The Morgan fingerprint density at radius 3 is 2.84 bits per heavy atom. The van der Waals surface area contributed by atoms with Crippen LogP contribution in [0.2, 0.25) is 0 Å². The largest absolute Gasteiger partial charge is 0.339 e. The lowest BCUT2D eigenvalue weighted by Crippen LogP contribution is -2.27. The average molecular weight is 261 g/mol. The van der Waals surface area contributed by atoms with Gasteiger partial charge in [0.25, 0.3) is 0 Å². The highest BCUT2D eigenvalue weighted by atomic mass is 19.1. The summed E-state index contributed by atoms with van der Waals surface area (Å²) in [7, 11) is 0. The van der Waals surface area contributed by atoms with Crippen LogP contribution in [-0.4, -0.2) is 16.7 Å². The van der Waals surface area contributed by atoms with Gasteiger partial charge >= 0.3 is 0 Å². The van der Waals surface area contributed by atoms with Gasteiger partial charge in [0.2, 0.25) is 5.89 Å². The van der Waals surface area contributed by atoms with Crippen molar-refractivity contribution >= 4 is 0 Å². The predicted molar refractivity (Wildman–Crippen MR) is 68.1 cm³/mol. The molecule has 1 fully saturated rings. The number of rotatable bonds is 3. The standard InChI is InChI=1S/C14H16FN3O/c15-11-6-4-10(5-7-11)9-13-17-14(18-19-13)12-3-1-2-8-16-12/h4-7,12,16H,1-3,8-9H2. The first-order valence-electron chi connectivity index (χ1n) is 6.61. The smallest absolute Gasteiger partial charge is 0.231 e. The average Bonchev–Trinajstić information content (AvgIpc) is 2.91. The van der Waals surface area contributed by atoms with Crippen molar-refractivity contribution in [1.82, 2.24) is 15.5 Å². The van der Waals surface area contributed by atoms with E-state index in [1.165, 1.54) is 25.0 Å². The van der Waals surface area contributed by atoms with Crippen LogP contribution in [0.5, 0.6) is 0 Å². The van der Waals surface area contributed by atoms with E-state index in [0.29, 0.717) is 12.3 Å². The molecule has 4 nitrogen and oxygen atoms in total. The van der Waals surface area contributed by atoms with Gasteiger partial charge in [0.1, 0.15) is 5.82 Å². The number of aromatic nitrogens is 2. The number of halogens is 1. The van der Waals surface area contributed by atoms with Gasteiger partial charge in [-0.15, -0.1) is 0 Å². The molecule has 0 amide bonds. The summed E-state index contributed by atoms with van der Waals surface area (Å²) in [5.41, 5.74) is 0.966. The van der Waals surface area contributed by atoms with Crippen LogP contribution in [0, 0.1) is 5.82 Å². The number of nitrogens with one attached hydrogen (secondary N) is 1. The third-order valence-corrected chi connectivity index (χ3v) is 3.37. The molecule has 2 aromatic rings. The van der Waals surface area contributed by atoms with E-state index in [1.54, 1.807) is 12.1 Å². The summed E-state index contributed by atoms with van der Waals surface area (Å²) in [5.74, 6) is 1.08. The molecule has 3 rings (SSSR count). The number of piperidine rings is 1. The van der Waals surface area contributed by atoms with Crippen molar-refractivity contribution in [2.75, 3.05) is 6.54 Å². The zero-order valence-corrected chi connectivity index (χ0v) is 10.6. The Kier molecular flexibility index (Phi) is 3.55. The Balaban J connectivity index is 1.68.